The largest absolute Gasteiger partial charge is 0.462 e. The number of aromatic amines is 1. The Balaban J connectivity index is 2.18. The maximum atomic E-state index is 12.1. The molecule has 2 aromatic heterocycles. The third-order valence-electron chi connectivity index (χ3n) is 3.25. The average Bonchev–Trinajstić information content (AvgIpc) is 2.99. The molecule has 6 heteroatoms. The van der Waals surface area contributed by atoms with Gasteiger partial charge >= 0.3 is 5.97 Å². The topological polar surface area (TPSA) is 91.7 Å². The van der Waals surface area contributed by atoms with Crippen molar-refractivity contribution in [1.29, 1.82) is 5.26 Å². The summed E-state index contributed by atoms with van der Waals surface area (Å²) in [5, 5.41) is 9.49. The summed E-state index contributed by atoms with van der Waals surface area (Å²) in [5.74, 6) is -0.418. The van der Waals surface area contributed by atoms with Crippen LogP contribution in [0.2, 0.25) is 0 Å². The number of carbonyl (C=O) groups is 1. The molecule has 0 aliphatic heterocycles. The summed E-state index contributed by atoms with van der Waals surface area (Å²) in [6.07, 6.45) is 3.01. The summed E-state index contributed by atoms with van der Waals surface area (Å²) >= 11 is 0. The molecule has 2 heterocycles. The minimum Gasteiger partial charge on any atom is -0.462 e. The molecule has 0 amide bonds. The van der Waals surface area contributed by atoms with Crippen molar-refractivity contribution >= 4 is 17.0 Å². The van der Waals surface area contributed by atoms with Crippen LogP contribution in [0.3, 0.4) is 0 Å². The zero-order valence-electron chi connectivity index (χ0n) is 11.8. The van der Waals surface area contributed by atoms with Gasteiger partial charge in [-0.1, -0.05) is 12.1 Å². The van der Waals surface area contributed by atoms with Crippen LogP contribution in [0.4, 0.5) is 0 Å². The van der Waals surface area contributed by atoms with Crippen molar-refractivity contribution in [2.75, 3.05) is 6.61 Å². The molecular formula is C16H12N4O2. The van der Waals surface area contributed by atoms with Gasteiger partial charge in [0.1, 0.15) is 12.0 Å². The normalized spacial score (nSPS) is 10.4. The molecule has 108 valence electrons. The highest BCUT2D eigenvalue weighted by Crippen LogP contribution is 2.28. The van der Waals surface area contributed by atoms with Crippen molar-refractivity contribution < 1.29 is 9.53 Å². The van der Waals surface area contributed by atoms with E-state index in [0.29, 0.717) is 34.5 Å². The maximum Gasteiger partial charge on any atom is 0.340 e. The van der Waals surface area contributed by atoms with Crippen molar-refractivity contribution in [3.63, 3.8) is 0 Å². The first kappa shape index (κ1) is 13.8. The Morgan fingerprint density at radius 3 is 2.77 bits per heavy atom. The van der Waals surface area contributed by atoms with E-state index in [1.807, 2.05) is 0 Å². The zero-order chi connectivity index (χ0) is 15.5. The minimum absolute atomic E-state index is 0.297. The van der Waals surface area contributed by atoms with Crippen LogP contribution in [-0.2, 0) is 4.74 Å². The fraction of sp³-hybridized carbons (Fsp3) is 0.125. The van der Waals surface area contributed by atoms with Gasteiger partial charge in [-0.2, -0.15) is 5.26 Å². The molecule has 0 radical (unpaired) electrons. The van der Waals surface area contributed by atoms with Gasteiger partial charge < -0.3 is 9.72 Å². The molecular weight excluding hydrogens is 280 g/mol. The lowest BCUT2D eigenvalue weighted by Gasteiger charge is -2.05. The molecule has 0 aliphatic carbocycles. The van der Waals surface area contributed by atoms with E-state index < -0.39 is 5.97 Å². The maximum absolute atomic E-state index is 12.1. The van der Waals surface area contributed by atoms with Crippen LogP contribution >= 0.6 is 0 Å². The standard InChI is InChI=1S/C16H12N4O2/c1-2-22-16(21)12-8-18-15-13(12)14(19-9-20-15)11-5-3-10(7-17)4-6-11/h3-6,8-9H,2H2,1H3,(H,18,19,20). The van der Waals surface area contributed by atoms with Crippen LogP contribution < -0.4 is 0 Å². The lowest BCUT2D eigenvalue weighted by atomic mass is 10.0. The SMILES string of the molecule is CCOC(=O)c1c[nH]c2ncnc(-c3ccc(C#N)cc3)c12. The van der Waals surface area contributed by atoms with E-state index in [-0.39, 0.29) is 0 Å². The van der Waals surface area contributed by atoms with Crippen LogP contribution in [0.25, 0.3) is 22.3 Å². The van der Waals surface area contributed by atoms with Gasteiger partial charge in [-0.05, 0) is 19.1 Å². The third-order valence-corrected chi connectivity index (χ3v) is 3.25. The van der Waals surface area contributed by atoms with E-state index >= 15 is 0 Å². The number of benzene rings is 1. The van der Waals surface area contributed by atoms with Gasteiger partial charge in [0.2, 0.25) is 0 Å². The van der Waals surface area contributed by atoms with Crippen molar-refractivity contribution in [3.8, 4) is 17.3 Å². The molecule has 0 bridgehead atoms. The van der Waals surface area contributed by atoms with E-state index in [9.17, 15) is 4.79 Å². The lowest BCUT2D eigenvalue weighted by Crippen LogP contribution is -2.04. The second kappa shape index (κ2) is 5.66. The summed E-state index contributed by atoms with van der Waals surface area (Å²) in [6.45, 7) is 2.05. The number of hydrogen-bond acceptors (Lipinski definition) is 5. The van der Waals surface area contributed by atoms with Gasteiger partial charge in [-0.25, -0.2) is 14.8 Å². The molecule has 3 rings (SSSR count). The summed E-state index contributed by atoms with van der Waals surface area (Å²) in [5.41, 5.74) is 2.96. The zero-order valence-corrected chi connectivity index (χ0v) is 11.8. The Hall–Kier alpha value is -3.20. The molecule has 1 N–H and O–H groups in total. The molecule has 0 saturated heterocycles. The predicted octanol–water partition coefficient (Wildman–Crippen LogP) is 2.67. The van der Waals surface area contributed by atoms with Crippen LogP contribution in [0.5, 0.6) is 0 Å². The second-order valence-corrected chi connectivity index (χ2v) is 4.56. The quantitative estimate of drug-likeness (QED) is 0.749. The number of nitrogens with one attached hydrogen (secondary N) is 1. The molecule has 3 aromatic rings. The van der Waals surface area contributed by atoms with Crippen molar-refractivity contribution in [3.05, 3.63) is 47.9 Å². The molecule has 22 heavy (non-hydrogen) atoms. The molecule has 6 nitrogen and oxygen atoms in total. The molecule has 0 unspecified atom stereocenters. The Bertz CT molecular complexity index is 875. The number of ether oxygens (including phenoxy) is 1. The molecule has 0 fully saturated rings. The van der Waals surface area contributed by atoms with Gasteiger partial charge in [0.15, 0.2) is 0 Å². The monoisotopic (exact) mass is 292 g/mol. The second-order valence-electron chi connectivity index (χ2n) is 4.56. The number of carbonyl (C=O) groups excluding carboxylic acids is 1. The first-order chi connectivity index (χ1) is 10.7. The Labute approximate surface area is 126 Å². The Kier molecular flexibility index (Phi) is 3.54. The molecule has 0 aliphatic rings. The number of nitriles is 1. The summed E-state index contributed by atoms with van der Waals surface area (Å²) in [7, 11) is 0. The van der Waals surface area contributed by atoms with E-state index in [0.717, 1.165) is 5.56 Å². The van der Waals surface area contributed by atoms with Crippen LogP contribution in [0, 0.1) is 11.3 Å². The highest BCUT2D eigenvalue weighted by atomic mass is 16.5. The Morgan fingerprint density at radius 2 is 2.09 bits per heavy atom. The smallest absolute Gasteiger partial charge is 0.340 e. The fourth-order valence-corrected chi connectivity index (χ4v) is 2.25. The predicted molar refractivity (Wildman–Crippen MR) is 80.0 cm³/mol. The van der Waals surface area contributed by atoms with Crippen LogP contribution in [-0.4, -0.2) is 27.5 Å². The first-order valence-electron chi connectivity index (χ1n) is 6.74. The number of esters is 1. The third kappa shape index (κ3) is 2.29. The number of aromatic nitrogens is 3. The van der Waals surface area contributed by atoms with Gasteiger partial charge in [0, 0.05) is 11.8 Å². The average molecular weight is 292 g/mol. The number of fused-ring (bicyclic) bond motifs is 1. The lowest BCUT2D eigenvalue weighted by molar-refractivity contribution is 0.0528. The van der Waals surface area contributed by atoms with Crippen molar-refractivity contribution in [2.24, 2.45) is 0 Å². The van der Waals surface area contributed by atoms with Gasteiger partial charge in [-0.15, -0.1) is 0 Å². The highest BCUT2D eigenvalue weighted by Gasteiger charge is 2.18. The van der Waals surface area contributed by atoms with Gasteiger partial charge in [-0.3, -0.25) is 0 Å². The summed E-state index contributed by atoms with van der Waals surface area (Å²) in [4.78, 5) is 23.4. The Morgan fingerprint density at radius 1 is 1.32 bits per heavy atom. The minimum atomic E-state index is -0.418. The van der Waals surface area contributed by atoms with E-state index in [1.165, 1.54) is 6.33 Å². The van der Waals surface area contributed by atoms with Crippen molar-refractivity contribution in [2.45, 2.75) is 6.92 Å². The van der Waals surface area contributed by atoms with Gasteiger partial charge in [0.05, 0.1) is 34.9 Å². The van der Waals surface area contributed by atoms with Crippen molar-refractivity contribution in [1.82, 2.24) is 15.0 Å². The number of rotatable bonds is 3. The van der Waals surface area contributed by atoms with E-state index in [2.05, 4.69) is 21.0 Å². The number of nitrogens with zero attached hydrogens (tertiary/aromatic N) is 3. The van der Waals surface area contributed by atoms with Crippen LogP contribution in [0.15, 0.2) is 36.8 Å². The van der Waals surface area contributed by atoms with Crippen LogP contribution in [0.1, 0.15) is 22.8 Å². The highest BCUT2D eigenvalue weighted by molar-refractivity contribution is 6.08. The molecule has 0 spiro atoms. The summed E-state index contributed by atoms with van der Waals surface area (Å²) < 4.78 is 5.06. The van der Waals surface area contributed by atoms with E-state index in [1.54, 1.807) is 37.4 Å². The number of hydrogen-bond donors (Lipinski definition) is 1. The summed E-state index contributed by atoms with van der Waals surface area (Å²) in [6, 6.07) is 9.08. The molecule has 1 aromatic carbocycles. The van der Waals surface area contributed by atoms with Gasteiger partial charge in [0.25, 0.3) is 0 Å². The molecule has 0 atom stereocenters. The number of H-pyrrole nitrogens is 1. The fourth-order valence-electron chi connectivity index (χ4n) is 2.25. The first-order valence-corrected chi connectivity index (χ1v) is 6.74. The van der Waals surface area contributed by atoms with E-state index in [4.69, 9.17) is 10.00 Å². The molecule has 0 saturated carbocycles.